The van der Waals surface area contributed by atoms with Crippen molar-refractivity contribution < 1.29 is 73.1 Å². The summed E-state index contributed by atoms with van der Waals surface area (Å²) in [6, 6.07) is 6.17. The van der Waals surface area contributed by atoms with Crippen molar-refractivity contribution in [2.45, 2.75) is 159 Å². The average Bonchev–Trinajstić information content (AvgIpc) is 3.47. The SMILES string of the molecule is C/C=C/C(=O)OC[C@@H](C)[C@@]1(O)[C@@H](O[C@@H]2OC[C@H](O)[C@H](O[C@@H]3CC[C@@H](O)[C@H](O)[C@H]3OC(=O)c3ccc(OC)cc3)[C@H]2OC(C)=O)CC2C3CC=C4C[C@@H](O)CC[C@]4(C)C3CC[C@@]21C. The second kappa shape index (κ2) is 18.6. The summed E-state index contributed by atoms with van der Waals surface area (Å²) in [5.41, 5.74) is -0.879. The van der Waals surface area contributed by atoms with Crippen LogP contribution >= 0.6 is 0 Å². The van der Waals surface area contributed by atoms with E-state index in [-0.39, 0.29) is 55.0 Å². The van der Waals surface area contributed by atoms with Crippen molar-refractivity contribution in [3.8, 4) is 5.75 Å². The fraction of sp³-hybridized carbons (Fsp3) is 0.723. The van der Waals surface area contributed by atoms with Gasteiger partial charge in [-0.25, -0.2) is 9.59 Å². The molecule has 1 aromatic carbocycles. The summed E-state index contributed by atoms with van der Waals surface area (Å²) < 4.78 is 42.0. The molecule has 62 heavy (non-hydrogen) atoms. The third kappa shape index (κ3) is 8.60. The molecule has 15 heteroatoms. The topological polar surface area (TPSA) is 217 Å². The predicted octanol–water partition coefficient (Wildman–Crippen LogP) is 3.94. The van der Waals surface area contributed by atoms with Gasteiger partial charge in [-0.3, -0.25) is 4.79 Å². The van der Waals surface area contributed by atoms with Crippen LogP contribution < -0.4 is 4.74 Å². The smallest absolute Gasteiger partial charge is 0.338 e. The number of methoxy groups -OCH3 is 1. The zero-order valence-electron chi connectivity index (χ0n) is 36.7. The summed E-state index contributed by atoms with van der Waals surface area (Å²) >= 11 is 0. The van der Waals surface area contributed by atoms with Crippen LogP contribution in [-0.2, 0) is 38.0 Å². The number of carbonyl (C=O) groups is 3. The quantitative estimate of drug-likeness (QED) is 0.0870. The Morgan fingerprint density at radius 3 is 2.35 bits per heavy atom. The van der Waals surface area contributed by atoms with Gasteiger partial charge in [-0.05, 0) is 112 Å². The Balaban J connectivity index is 1.17. The number of aliphatic hydroxyl groups is 5. The third-order valence-corrected chi connectivity index (χ3v) is 15.6. The predicted molar refractivity (Wildman–Crippen MR) is 221 cm³/mol. The van der Waals surface area contributed by atoms with Gasteiger partial charge < -0.3 is 58.7 Å². The maximum atomic E-state index is 13.4. The number of benzene rings is 1. The van der Waals surface area contributed by atoms with E-state index in [4.69, 9.17) is 33.2 Å². The summed E-state index contributed by atoms with van der Waals surface area (Å²) in [5, 5.41) is 57.2. The van der Waals surface area contributed by atoms with Gasteiger partial charge in [-0.1, -0.05) is 38.5 Å². The van der Waals surface area contributed by atoms with Crippen molar-refractivity contribution in [2.75, 3.05) is 20.3 Å². The van der Waals surface area contributed by atoms with Gasteiger partial charge in [0.15, 0.2) is 18.5 Å². The summed E-state index contributed by atoms with van der Waals surface area (Å²) in [4.78, 5) is 38.7. The molecule has 1 aromatic rings. The minimum Gasteiger partial charge on any atom is -0.497 e. The van der Waals surface area contributed by atoms with Gasteiger partial charge in [0, 0.05) is 24.3 Å². The van der Waals surface area contributed by atoms with Crippen molar-refractivity contribution >= 4 is 17.9 Å². The van der Waals surface area contributed by atoms with Crippen LogP contribution in [0.25, 0.3) is 0 Å². The number of ether oxygens (including phenoxy) is 7. The van der Waals surface area contributed by atoms with E-state index < -0.39 is 90.0 Å². The first-order chi connectivity index (χ1) is 29.4. The lowest BCUT2D eigenvalue weighted by molar-refractivity contribution is -0.321. The second-order valence-electron chi connectivity index (χ2n) is 19.0. The number of hydrogen-bond donors (Lipinski definition) is 5. The Kier molecular flexibility index (Phi) is 14.0. The van der Waals surface area contributed by atoms with Crippen LogP contribution in [0.1, 0.15) is 103 Å². The van der Waals surface area contributed by atoms with Gasteiger partial charge >= 0.3 is 17.9 Å². The van der Waals surface area contributed by atoms with Gasteiger partial charge in [-0.2, -0.15) is 0 Å². The van der Waals surface area contributed by atoms with E-state index in [1.807, 2.05) is 6.92 Å². The highest BCUT2D eigenvalue weighted by atomic mass is 16.7. The summed E-state index contributed by atoms with van der Waals surface area (Å²) in [5.74, 6) is -1.65. The molecule has 1 heterocycles. The van der Waals surface area contributed by atoms with Crippen LogP contribution in [0.15, 0.2) is 48.1 Å². The molecule has 0 amide bonds. The van der Waals surface area contributed by atoms with Crippen LogP contribution in [0, 0.1) is 34.5 Å². The fourth-order valence-electron chi connectivity index (χ4n) is 12.3. The van der Waals surface area contributed by atoms with E-state index in [0.717, 1.165) is 25.7 Å². The van der Waals surface area contributed by atoms with Crippen molar-refractivity contribution in [3.63, 3.8) is 0 Å². The number of carbonyl (C=O) groups excluding carboxylic acids is 3. The molecule has 0 radical (unpaired) electrons. The van der Waals surface area contributed by atoms with Crippen LogP contribution in [0.2, 0.25) is 0 Å². The van der Waals surface area contributed by atoms with Crippen LogP contribution in [0.5, 0.6) is 5.75 Å². The first-order valence-electron chi connectivity index (χ1n) is 22.3. The standard InChI is InChI=1S/C47H66O15/c1-7-8-38(52)57-23-25(2)47(55)37(22-33-31-14-11-28-21-29(49)17-19-45(28,4)32(31)18-20-46(33,47)5)61-44-42(59-26(3)48)40(35(51)24-58-44)60-36-16-15-34(50)39(53)41(36)62-43(54)27-9-12-30(56-6)13-10-27/h7-13,25,29,31-37,39-42,44,49-51,53,55H,14-24H2,1-6H3/b8-7+/t25-,29+,31?,32?,33?,34-,35+,36-,37+,39+,40+,41+,42-,44+,45+,46+,47-/m1/s1. The molecule has 6 aliphatic rings. The molecule has 5 fully saturated rings. The molecule has 0 spiro atoms. The maximum absolute atomic E-state index is 13.4. The maximum Gasteiger partial charge on any atom is 0.338 e. The number of rotatable bonds is 12. The lowest BCUT2D eigenvalue weighted by atomic mass is 9.46. The largest absolute Gasteiger partial charge is 0.497 e. The normalized spacial score (nSPS) is 42.1. The highest BCUT2D eigenvalue weighted by molar-refractivity contribution is 5.89. The number of aliphatic hydroxyl groups excluding tert-OH is 4. The molecule has 7 rings (SSSR count). The number of esters is 3. The van der Waals surface area contributed by atoms with E-state index in [2.05, 4.69) is 19.9 Å². The van der Waals surface area contributed by atoms with Crippen molar-refractivity contribution in [2.24, 2.45) is 34.5 Å². The average molecular weight is 871 g/mol. The van der Waals surface area contributed by atoms with Crippen molar-refractivity contribution in [3.05, 3.63) is 53.6 Å². The van der Waals surface area contributed by atoms with Gasteiger partial charge in [0.1, 0.15) is 29.7 Å². The molecule has 5 aliphatic carbocycles. The lowest BCUT2D eigenvalue weighted by Gasteiger charge is -2.59. The third-order valence-electron chi connectivity index (χ3n) is 15.6. The molecule has 17 atom stereocenters. The highest BCUT2D eigenvalue weighted by Crippen LogP contribution is 2.69. The lowest BCUT2D eigenvalue weighted by Crippen LogP contribution is -2.63. The Morgan fingerprint density at radius 1 is 0.919 bits per heavy atom. The minimum absolute atomic E-state index is 0.0314. The zero-order chi connectivity index (χ0) is 44.7. The van der Waals surface area contributed by atoms with E-state index in [1.54, 1.807) is 25.1 Å². The molecule has 1 aliphatic heterocycles. The van der Waals surface area contributed by atoms with Crippen LogP contribution in [-0.4, -0.2) is 131 Å². The highest BCUT2D eigenvalue weighted by Gasteiger charge is 2.70. The number of fused-ring (bicyclic) bond motifs is 5. The molecule has 3 unspecified atom stereocenters. The zero-order valence-corrected chi connectivity index (χ0v) is 36.7. The van der Waals surface area contributed by atoms with E-state index in [0.29, 0.717) is 30.9 Å². The Hall–Kier alpha value is -3.41. The van der Waals surface area contributed by atoms with Gasteiger partial charge in [0.05, 0.1) is 50.3 Å². The Bertz CT molecular complexity index is 1830. The molecule has 0 bridgehead atoms. The minimum atomic E-state index is -1.58. The Labute approximate surface area is 363 Å². The van der Waals surface area contributed by atoms with Crippen LogP contribution in [0.3, 0.4) is 0 Å². The van der Waals surface area contributed by atoms with E-state index in [1.165, 1.54) is 37.8 Å². The molecule has 4 saturated carbocycles. The van der Waals surface area contributed by atoms with Gasteiger partial charge in [-0.15, -0.1) is 0 Å². The molecule has 344 valence electrons. The van der Waals surface area contributed by atoms with Gasteiger partial charge in [0.2, 0.25) is 0 Å². The molecular formula is C47H66O15. The van der Waals surface area contributed by atoms with Crippen molar-refractivity contribution in [1.29, 1.82) is 0 Å². The molecule has 0 aromatic heterocycles. The fourth-order valence-corrected chi connectivity index (χ4v) is 12.3. The van der Waals surface area contributed by atoms with Crippen molar-refractivity contribution in [1.82, 2.24) is 0 Å². The summed E-state index contributed by atoms with van der Waals surface area (Å²) in [6.45, 7) is 8.78. The van der Waals surface area contributed by atoms with Crippen LogP contribution in [0.4, 0.5) is 0 Å². The molecule has 5 N–H and O–H groups in total. The second-order valence-corrected chi connectivity index (χ2v) is 19.0. The van der Waals surface area contributed by atoms with Gasteiger partial charge in [0.25, 0.3) is 0 Å². The van der Waals surface area contributed by atoms with E-state index in [9.17, 15) is 39.9 Å². The molecule has 15 nitrogen and oxygen atoms in total. The summed E-state index contributed by atoms with van der Waals surface area (Å²) in [7, 11) is 1.49. The first-order valence-corrected chi connectivity index (χ1v) is 22.3. The molecule has 1 saturated heterocycles. The van der Waals surface area contributed by atoms with E-state index >= 15 is 0 Å². The molecular weight excluding hydrogens is 805 g/mol. The summed E-state index contributed by atoms with van der Waals surface area (Å²) in [6.07, 6.45) is -1.45. The monoisotopic (exact) mass is 870 g/mol. The number of hydrogen-bond acceptors (Lipinski definition) is 15. The number of allylic oxidation sites excluding steroid dienone is 2. The first kappa shape index (κ1) is 46.6. The Morgan fingerprint density at radius 2 is 1.66 bits per heavy atom.